The zero-order chi connectivity index (χ0) is 18.1. The number of nitrogens with zero attached hydrogens (tertiary/aromatic N) is 3. The maximum Gasteiger partial charge on any atom is 0.179 e. The Morgan fingerprint density at radius 2 is 1.59 bits per heavy atom. The number of pyridine rings is 1. The van der Waals surface area contributed by atoms with E-state index in [2.05, 4.69) is 71.7 Å². The molecule has 0 saturated heterocycles. The molecular weight excluding hydrogens is 330 g/mol. The van der Waals surface area contributed by atoms with Gasteiger partial charge in [-0.25, -0.2) is 9.97 Å². The zero-order valence-corrected chi connectivity index (χ0v) is 14.7. The Kier molecular flexibility index (Phi) is 3.83. The highest BCUT2D eigenvalue weighted by Gasteiger charge is 2.14. The van der Waals surface area contributed by atoms with Crippen LogP contribution in [0.3, 0.4) is 0 Å². The lowest BCUT2D eigenvalue weighted by atomic mass is 10.0. The van der Waals surface area contributed by atoms with Crippen molar-refractivity contribution in [2.75, 3.05) is 0 Å². The van der Waals surface area contributed by atoms with Crippen LogP contribution in [0, 0.1) is 0 Å². The molecule has 4 aromatic rings. The summed E-state index contributed by atoms with van der Waals surface area (Å²) in [5.74, 6) is 0.656. The molecule has 0 fully saturated rings. The van der Waals surface area contributed by atoms with Gasteiger partial charge < -0.3 is 0 Å². The highest BCUT2D eigenvalue weighted by molar-refractivity contribution is 5.96. The van der Waals surface area contributed by atoms with Crippen LogP contribution in [0.15, 0.2) is 91.2 Å². The first kappa shape index (κ1) is 15.6. The van der Waals surface area contributed by atoms with Gasteiger partial charge in [0.1, 0.15) is 5.69 Å². The molecule has 5 rings (SSSR count). The second-order valence-corrected chi connectivity index (χ2v) is 6.53. The molecular formula is C24H17N3. The fraction of sp³-hybridized carbons (Fsp3) is 0.0417. The molecule has 2 heterocycles. The Morgan fingerprint density at radius 3 is 2.44 bits per heavy atom. The summed E-state index contributed by atoms with van der Waals surface area (Å²) < 4.78 is 0. The van der Waals surface area contributed by atoms with Gasteiger partial charge in [0.2, 0.25) is 0 Å². The summed E-state index contributed by atoms with van der Waals surface area (Å²) in [7, 11) is 0. The number of aromatic nitrogens is 3. The van der Waals surface area contributed by atoms with E-state index in [1.165, 1.54) is 16.3 Å². The SMILES string of the molecule is C1=CCC(c2cc(-c3cccc4ccccc34)nc(-c3ccccn3)n2)=C1. The van der Waals surface area contributed by atoms with Gasteiger partial charge in [-0.1, -0.05) is 66.8 Å². The molecule has 0 amide bonds. The Bertz CT molecular complexity index is 1190. The largest absolute Gasteiger partial charge is 0.253 e. The van der Waals surface area contributed by atoms with Gasteiger partial charge in [-0.15, -0.1) is 0 Å². The molecule has 0 bridgehead atoms. The first-order valence-corrected chi connectivity index (χ1v) is 9.03. The van der Waals surface area contributed by atoms with Crippen LogP contribution in [0.4, 0.5) is 0 Å². The number of hydrogen-bond acceptors (Lipinski definition) is 3. The van der Waals surface area contributed by atoms with Gasteiger partial charge in [0, 0.05) is 11.8 Å². The topological polar surface area (TPSA) is 38.7 Å². The Hall–Kier alpha value is -3.59. The van der Waals surface area contributed by atoms with Crippen LogP contribution in [0.5, 0.6) is 0 Å². The minimum absolute atomic E-state index is 0.656. The molecule has 0 saturated carbocycles. The molecule has 0 spiro atoms. The van der Waals surface area contributed by atoms with Crippen LogP contribution in [-0.2, 0) is 0 Å². The van der Waals surface area contributed by atoms with Crippen molar-refractivity contribution in [2.24, 2.45) is 0 Å². The van der Waals surface area contributed by atoms with Crippen molar-refractivity contribution < 1.29 is 0 Å². The normalized spacial score (nSPS) is 13.1. The second kappa shape index (κ2) is 6.61. The average Bonchev–Trinajstić information content (AvgIpc) is 3.29. The minimum Gasteiger partial charge on any atom is -0.253 e. The van der Waals surface area contributed by atoms with Crippen molar-refractivity contribution >= 4 is 16.3 Å². The van der Waals surface area contributed by atoms with Crippen molar-refractivity contribution in [1.82, 2.24) is 15.0 Å². The van der Waals surface area contributed by atoms with Crippen LogP contribution >= 0.6 is 0 Å². The second-order valence-electron chi connectivity index (χ2n) is 6.53. The monoisotopic (exact) mass is 347 g/mol. The maximum absolute atomic E-state index is 4.87. The summed E-state index contributed by atoms with van der Waals surface area (Å²) in [5, 5.41) is 2.39. The van der Waals surface area contributed by atoms with Gasteiger partial charge in [-0.2, -0.15) is 0 Å². The van der Waals surface area contributed by atoms with Crippen molar-refractivity contribution in [3.63, 3.8) is 0 Å². The number of fused-ring (bicyclic) bond motifs is 1. The van der Waals surface area contributed by atoms with Gasteiger partial charge in [-0.3, -0.25) is 4.98 Å². The molecule has 0 radical (unpaired) electrons. The standard InChI is InChI=1S/C24H17N3/c1-2-10-18(9-1)22-16-23(27-24(26-22)21-14-5-6-15-25-21)20-13-7-11-17-8-3-4-12-19(17)20/h1-9,11-16H,10H2. The molecule has 27 heavy (non-hydrogen) atoms. The number of allylic oxidation sites excluding steroid dienone is 4. The molecule has 2 aromatic carbocycles. The average molecular weight is 347 g/mol. The number of benzene rings is 2. The minimum atomic E-state index is 0.656. The number of hydrogen-bond donors (Lipinski definition) is 0. The molecule has 128 valence electrons. The molecule has 0 unspecified atom stereocenters. The molecule has 0 atom stereocenters. The summed E-state index contributed by atoms with van der Waals surface area (Å²) in [4.78, 5) is 14.1. The highest BCUT2D eigenvalue weighted by Crippen LogP contribution is 2.31. The Labute approximate surface area is 157 Å². The van der Waals surface area contributed by atoms with E-state index >= 15 is 0 Å². The molecule has 1 aliphatic carbocycles. The van der Waals surface area contributed by atoms with Crippen molar-refractivity contribution in [3.05, 3.63) is 96.8 Å². The third kappa shape index (κ3) is 2.93. The van der Waals surface area contributed by atoms with E-state index in [1.807, 2.05) is 18.2 Å². The van der Waals surface area contributed by atoms with Gasteiger partial charge in [0.05, 0.1) is 11.4 Å². The van der Waals surface area contributed by atoms with E-state index in [1.54, 1.807) is 6.20 Å². The predicted molar refractivity (Wildman–Crippen MR) is 110 cm³/mol. The van der Waals surface area contributed by atoms with Crippen LogP contribution in [-0.4, -0.2) is 15.0 Å². The lowest BCUT2D eigenvalue weighted by Crippen LogP contribution is -1.99. The van der Waals surface area contributed by atoms with Gasteiger partial charge in [0.25, 0.3) is 0 Å². The summed E-state index contributed by atoms with van der Waals surface area (Å²) in [6.07, 6.45) is 9.02. The van der Waals surface area contributed by atoms with Crippen LogP contribution in [0.1, 0.15) is 12.1 Å². The molecule has 0 aliphatic heterocycles. The molecule has 3 nitrogen and oxygen atoms in total. The fourth-order valence-corrected chi connectivity index (χ4v) is 3.45. The highest BCUT2D eigenvalue weighted by atomic mass is 14.9. The van der Waals surface area contributed by atoms with Gasteiger partial charge in [0.15, 0.2) is 5.82 Å². The van der Waals surface area contributed by atoms with Crippen LogP contribution in [0.2, 0.25) is 0 Å². The molecule has 0 N–H and O–H groups in total. The molecule has 1 aliphatic rings. The quantitative estimate of drug-likeness (QED) is 0.477. The summed E-state index contributed by atoms with van der Waals surface area (Å²) in [6, 6.07) is 22.6. The summed E-state index contributed by atoms with van der Waals surface area (Å²) >= 11 is 0. The van der Waals surface area contributed by atoms with E-state index in [9.17, 15) is 0 Å². The fourth-order valence-electron chi connectivity index (χ4n) is 3.45. The Balaban J connectivity index is 1.75. The Morgan fingerprint density at radius 1 is 0.741 bits per heavy atom. The van der Waals surface area contributed by atoms with E-state index in [4.69, 9.17) is 9.97 Å². The van der Waals surface area contributed by atoms with Crippen molar-refractivity contribution in [3.8, 4) is 22.8 Å². The van der Waals surface area contributed by atoms with E-state index < -0.39 is 0 Å². The van der Waals surface area contributed by atoms with E-state index in [0.717, 1.165) is 29.1 Å². The molecule has 3 heteroatoms. The third-order valence-electron chi connectivity index (χ3n) is 4.79. The maximum atomic E-state index is 4.87. The van der Waals surface area contributed by atoms with Crippen LogP contribution < -0.4 is 0 Å². The van der Waals surface area contributed by atoms with Gasteiger partial charge >= 0.3 is 0 Å². The molecule has 2 aromatic heterocycles. The van der Waals surface area contributed by atoms with Crippen molar-refractivity contribution in [1.29, 1.82) is 0 Å². The summed E-state index contributed by atoms with van der Waals surface area (Å²) in [5.41, 5.74) is 4.98. The number of rotatable bonds is 3. The zero-order valence-electron chi connectivity index (χ0n) is 14.7. The van der Waals surface area contributed by atoms with Crippen LogP contribution in [0.25, 0.3) is 39.1 Å². The van der Waals surface area contributed by atoms with E-state index in [-0.39, 0.29) is 0 Å². The lowest BCUT2D eigenvalue weighted by molar-refractivity contribution is 1.12. The van der Waals surface area contributed by atoms with Crippen molar-refractivity contribution in [2.45, 2.75) is 6.42 Å². The predicted octanol–water partition coefficient (Wildman–Crippen LogP) is 5.70. The van der Waals surface area contributed by atoms with Gasteiger partial charge in [-0.05, 0) is 41.0 Å². The van der Waals surface area contributed by atoms with E-state index in [0.29, 0.717) is 5.82 Å². The third-order valence-corrected chi connectivity index (χ3v) is 4.79. The summed E-state index contributed by atoms with van der Waals surface area (Å²) in [6.45, 7) is 0. The lowest BCUT2D eigenvalue weighted by Gasteiger charge is -2.11. The first-order valence-electron chi connectivity index (χ1n) is 9.03. The first-order chi connectivity index (χ1) is 13.4. The smallest absolute Gasteiger partial charge is 0.179 e.